The summed E-state index contributed by atoms with van der Waals surface area (Å²) in [6.45, 7) is 3.26. The lowest BCUT2D eigenvalue weighted by Crippen LogP contribution is -2.22. The second kappa shape index (κ2) is 5.87. The van der Waals surface area contributed by atoms with E-state index in [-0.39, 0.29) is 0 Å². The van der Waals surface area contributed by atoms with E-state index in [1.165, 1.54) is 20.5 Å². The molecule has 0 amide bonds. The number of benzene rings is 1. The molecule has 1 atom stereocenters. The van der Waals surface area contributed by atoms with E-state index in [1.54, 1.807) is 0 Å². The third kappa shape index (κ3) is 2.59. The van der Waals surface area contributed by atoms with Gasteiger partial charge in [-0.25, -0.2) is 0 Å². The van der Waals surface area contributed by atoms with Crippen LogP contribution in [0, 0.1) is 0 Å². The Balaban J connectivity index is 2.06. The predicted molar refractivity (Wildman–Crippen MR) is 86.3 cm³/mol. The van der Waals surface area contributed by atoms with Crippen molar-refractivity contribution >= 4 is 32.8 Å². The number of fused-ring (bicyclic) bond motifs is 1. The minimum absolute atomic E-state index is 0.322. The van der Waals surface area contributed by atoms with Crippen LogP contribution >= 0.6 is 22.7 Å². The number of nitrogens with one attached hydrogen (secondary N) is 1. The van der Waals surface area contributed by atoms with E-state index in [1.807, 2.05) is 22.7 Å². The third-order valence-corrected chi connectivity index (χ3v) is 5.16. The van der Waals surface area contributed by atoms with E-state index < -0.39 is 0 Å². The first-order chi connectivity index (χ1) is 9.40. The fourth-order valence-electron chi connectivity index (χ4n) is 2.35. The molecule has 0 radical (unpaired) electrons. The highest BCUT2D eigenvalue weighted by Gasteiger charge is 2.17. The molecule has 19 heavy (non-hydrogen) atoms. The van der Waals surface area contributed by atoms with Crippen LogP contribution in [0.25, 0.3) is 10.1 Å². The van der Waals surface area contributed by atoms with Crippen molar-refractivity contribution in [3.8, 4) is 0 Å². The van der Waals surface area contributed by atoms with E-state index in [2.05, 4.69) is 59.4 Å². The van der Waals surface area contributed by atoms with Crippen molar-refractivity contribution in [3.05, 3.63) is 57.6 Å². The number of hydrogen-bond donors (Lipinski definition) is 1. The lowest BCUT2D eigenvalue weighted by molar-refractivity contribution is 0.609. The Kier molecular flexibility index (Phi) is 3.97. The summed E-state index contributed by atoms with van der Waals surface area (Å²) >= 11 is 3.67. The number of thiophene rings is 2. The lowest BCUT2D eigenvalue weighted by Gasteiger charge is -2.18. The van der Waals surface area contributed by atoms with E-state index in [0.717, 1.165) is 13.0 Å². The quantitative estimate of drug-likeness (QED) is 0.692. The van der Waals surface area contributed by atoms with Crippen LogP contribution < -0.4 is 5.32 Å². The van der Waals surface area contributed by atoms with Gasteiger partial charge in [0, 0.05) is 9.58 Å². The molecule has 98 valence electrons. The molecule has 0 aliphatic carbocycles. The van der Waals surface area contributed by atoms with E-state index in [0.29, 0.717) is 6.04 Å². The summed E-state index contributed by atoms with van der Waals surface area (Å²) < 4.78 is 1.41. The predicted octanol–water partition coefficient (Wildman–Crippen LogP) is 5.05. The summed E-state index contributed by atoms with van der Waals surface area (Å²) in [4.78, 5) is 1.40. The van der Waals surface area contributed by atoms with Gasteiger partial charge in [-0.15, -0.1) is 22.7 Å². The van der Waals surface area contributed by atoms with E-state index in [4.69, 9.17) is 0 Å². The van der Waals surface area contributed by atoms with Gasteiger partial charge < -0.3 is 5.32 Å². The van der Waals surface area contributed by atoms with Crippen LogP contribution in [0.3, 0.4) is 0 Å². The largest absolute Gasteiger partial charge is 0.306 e. The average molecular weight is 287 g/mol. The van der Waals surface area contributed by atoms with Crippen LogP contribution in [0.1, 0.15) is 29.8 Å². The van der Waals surface area contributed by atoms with Crippen molar-refractivity contribution in [2.24, 2.45) is 0 Å². The van der Waals surface area contributed by atoms with Gasteiger partial charge in [-0.3, -0.25) is 0 Å². The highest BCUT2D eigenvalue weighted by Crippen LogP contribution is 2.33. The van der Waals surface area contributed by atoms with Gasteiger partial charge in [0.1, 0.15) is 0 Å². The van der Waals surface area contributed by atoms with Crippen LogP contribution in [0.5, 0.6) is 0 Å². The Bertz CT molecular complexity index is 640. The molecule has 0 bridgehead atoms. The summed E-state index contributed by atoms with van der Waals surface area (Å²) in [5.74, 6) is 0. The Morgan fingerprint density at radius 3 is 2.79 bits per heavy atom. The van der Waals surface area contributed by atoms with Gasteiger partial charge in [0.05, 0.1) is 6.04 Å². The van der Waals surface area contributed by atoms with Crippen LogP contribution in [-0.2, 0) is 0 Å². The Hall–Kier alpha value is -1.16. The highest BCUT2D eigenvalue weighted by atomic mass is 32.1. The molecule has 2 aromatic heterocycles. The molecule has 3 rings (SSSR count). The van der Waals surface area contributed by atoms with E-state index >= 15 is 0 Å². The zero-order chi connectivity index (χ0) is 13.1. The van der Waals surface area contributed by atoms with Gasteiger partial charge >= 0.3 is 0 Å². The Labute approximate surface area is 121 Å². The van der Waals surface area contributed by atoms with Crippen molar-refractivity contribution in [3.63, 3.8) is 0 Å². The fraction of sp³-hybridized carbons (Fsp3) is 0.250. The Morgan fingerprint density at radius 1 is 1.05 bits per heavy atom. The molecule has 1 aromatic carbocycles. The second-order valence-corrected chi connectivity index (χ2v) is 6.48. The maximum atomic E-state index is 3.69. The zero-order valence-corrected chi connectivity index (χ0v) is 12.6. The molecule has 0 spiro atoms. The molecule has 0 aliphatic heterocycles. The highest BCUT2D eigenvalue weighted by molar-refractivity contribution is 7.17. The molecule has 1 nitrogen and oxygen atoms in total. The molecule has 0 fully saturated rings. The van der Waals surface area contributed by atoms with Gasteiger partial charge in [0.15, 0.2) is 0 Å². The smallest absolute Gasteiger partial charge is 0.0685 e. The van der Waals surface area contributed by atoms with Crippen LogP contribution in [0.4, 0.5) is 0 Å². The second-order valence-electron chi connectivity index (χ2n) is 4.59. The number of rotatable bonds is 5. The van der Waals surface area contributed by atoms with Crippen molar-refractivity contribution in [2.45, 2.75) is 19.4 Å². The van der Waals surface area contributed by atoms with Gasteiger partial charge in [0.25, 0.3) is 0 Å². The molecule has 0 saturated heterocycles. The third-order valence-electron chi connectivity index (χ3n) is 3.25. The fourth-order valence-corrected chi connectivity index (χ4v) is 4.11. The summed E-state index contributed by atoms with van der Waals surface area (Å²) in [6, 6.07) is 13.5. The monoisotopic (exact) mass is 287 g/mol. The van der Waals surface area contributed by atoms with Crippen molar-refractivity contribution in [2.75, 3.05) is 6.54 Å². The van der Waals surface area contributed by atoms with Gasteiger partial charge in [-0.1, -0.05) is 31.2 Å². The normalized spacial score (nSPS) is 12.9. The van der Waals surface area contributed by atoms with E-state index in [9.17, 15) is 0 Å². The summed E-state index contributed by atoms with van der Waals surface area (Å²) in [5, 5.41) is 9.37. The van der Waals surface area contributed by atoms with Gasteiger partial charge in [-0.05, 0) is 46.8 Å². The molecular formula is C16H17NS2. The molecule has 2 heterocycles. The minimum Gasteiger partial charge on any atom is -0.306 e. The molecule has 1 N–H and O–H groups in total. The molecule has 0 saturated carbocycles. The first-order valence-electron chi connectivity index (χ1n) is 6.63. The minimum atomic E-state index is 0.322. The molecule has 0 aliphatic rings. The summed E-state index contributed by atoms with van der Waals surface area (Å²) in [6.07, 6.45) is 1.16. The van der Waals surface area contributed by atoms with Crippen LogP contribution in [0.15, 0.2) is 47.2 Å². The standard InChI is InChI=1S/C16H17NS2/c1-2-9-17-15(14-7-4-10-18-14)13-6-3-5-12-8-11-19-16(12)13/h3-8,10-11,15,17H,2,9H2,1H3. The Morgan fingerprint density at radius 2 is 2.00 bits per heavy atom. The molecule has 3 aromatic rings. The maximum Gasteiger partial charge on any atom is 0.0685 e. The first-order valence-corrected chi connectivity index (χ1v) is 8.39. The first kappa shape index (κ1) is 12.9. The van der Waals surface area contributed by atoms with Gasteiger partial charge in [-0.2, -0.15) is 0 Å². The number of hydrogen-bond acceptors (Lipinski definition) is 3. The maximum absolute atomic E-state index is 3.69. The molecule has 3 heteroatoms. The topological polar surface area (TPSA) is 12.0 Å². The zero-order valence-electron chi connectivity index (χ0n) is 10.9. The van der Waals surface area contributed by atoms with Crippen molar-refractivity contribution in [1.82, 2.24) is 5.32 Å². The van der Waals surface area contributed by atoms with Crippen molar-refractivity contribution < 1.29 is 0 Å². The lowest BCUT2D eigenvalue weighted by atomic mass is 10.0. The van der Waals surface area contributed by atoms with Gasteiger partial charge in [0.2, 0.25) is 0 Å². The summed E-state index contributed by atoms with van der Waals surface area (Å²) in [5.41, 5.74) is 1.41. The SMILES string of the molecule is CCCNC(c1cccs1)c1cccc2ccsc12. The van der Waals surface area contributed by atoms with Crippen molar-refractivity contribution in [1.29, 1.82) is 0 Å². The molecule has 1 unspecified atom stereocenters. The van der Waals surface area contributed by atoms with Crippen LogP contribution in [0.2, 0.25) is 0 Å². The molecular weight excluding hydrogens is 270 g/mol. The summed E-state index contributed by atoms with van der Waals surface area (Å²) in [7, 11) is 0. The van der Waals surface area contributed by atoms with Crippen LogP contribution in [-0.4, -0.2) is 6.54 Å². The average Bonchev–Trinajstić information content (AvgIpc) is 3.10.